The third-order valence-corrected chi connectivity index (χ3v) is 2.96. The van der Waals surface area contributed by atoms with E-state index in [0.29, 0.717) is 0 Å². The molecule has 0 unspecified atom stereocenters. The Hall–Kier alpha value is -1.92. The van der Waals surface area contributed by atoms with Gasteiger partial charge >= 0.3 is 11.9 Å². The Morgan fingerprint density at radius 3 is 2.42 bits per heavy atom. The van der Waals surface area contributed by atoms with E-state index < -0.39 is 35.7 Å². The van der Waals surface area contributed by atoms with E-state index in [1.807, 2.05) is 0 Å². The van der Waals surface area contributed by atoms with Crippen molar-refractivity contribution in [2.45, 2.75) is 32.7 Å². The molecular formula is C12H17NO6. The lowest BCUT2D eigenvalue weighted by molar-refractivity contribution is -0.178. The Kier molecular flexibility index (Phi) is 5.02. The fraction of sp³-hybridized carbons (Fsp3) is 0.667. The molecule has 0 bridgehead atoms. The zero-order valence-corrected chi connectivity index (χ0v) is 11.2. The minimum atomic E-state index is -0.926. The van der Waals surface area contributed by atoms with Gasteiger partial charge in [-0.2, -0.15) is 0 Å². The van der Waals surface area contributed by atoms with Gasteiger partial charge < -0.3 is 9.47 Å². The first-order chi connectivity index (χ1) is 8.93. The Bertz CT molecular complexity index is 405. The summed E-state index contributed by atoms with van der Waals surface area (Å²) in [5.41, 5.74) is 0. The van der Waals surface area contributed by atoms with E-state index in [1.54, 1.807) is 6.92 Å². The lowest BCUT2D eigenvalue weighted by Gasteiger charge is -2.43. The summed E-state index contributed by atoms with van der Waals surface area (Å²) in [7, 11) is 1.19. The number of amides is 2. The van der Waals surface area contributed by atoms with Gasteiger partial charge in [0.05, 0.1) is 19.6 Å². The first-order valence-corrected chi connectivity index (χ1v) is 6.01. The number of likely N-dealkylation sites (tertiary alicyclic amines) is 1. The molecule has 2 amide bonds. The molecule has 0 aliphatic carbocycles. The molecule has 0 aromatic carbocycles. The van der Waals surface area contributed by atoms with Crippen LogP contribution in [0.3, 0.4) is 0 Å². The van der Waals surface area contributed by atoms with E-state index in [1.165, 1.54) is 14.0 Å². The Labute approximate surface area is 110 Å². The number of imide groups is 1. The van der Waals surface area contributed by atoms with Crippen molar-refractivity contribution in [1.82, 2.24) is 4.90 Å². The summed E-state index contributed by atoms with van der Waals surface area (Å²) < 4.78 is 9.31. The zero-order chi connectivity index (χ0) is 14.6. The fourth-order valence-electron chi connectivity index (χ4n) is 2.08. The first-order valence-electron chi connectivity index (χ1n) is 6.01. The van der Waals surface area contributed by atoms with Crippen molar-refractivity contribution in [2.75, 3.05) is 13.7 Å². The van der Waals surface area contributed by atoms with Gasteiger partial charge in [-0.3, -0.25) is 19.3 Å². The van der Waals surface area contributed by atoms with Crippen molar-refractivity contribution < 1.29 is 28.7 Å². The normalized spacial score (nSPS) is 21.6. The molecule has 1 aliphatic rings. The van der Waals surface area contributed by atoms with Crippen molar-refractivity contribution >= 4 is 23.8 Å². The van der Waals surface area contributed by atoms with Crippen LogP contribution in [-0.2, 0) is 28.7 Å². The van der Waals surface area contributed by atoms with Crippen LogP contribution in [0.15, 0.2) is 0 Å². The maximum absolute atomic E-state index is 11.7. The lowest BCUT2D eigenvalue weighted by atomic mass is 9.83. The zero-order valence-electron chi connectivity index (χ0n) is 11.2. The van der Waals surface area contributed by atoms with Crippen LogP contribution in [0.25, 0.3) is 0 Å². The molecule has 7 nitrogen and oxygen atoms in total. The number of carbonyl (C=O) groups excluding carboxylic acids is 4. The number of methoxy groups -OCH3 is 1. The molecular weight excluding hydrogens is 254 g/mol. The van der Waals surface area contributed by atoms with Gasteiger partial charge in [-0.15, -0.1) is 0 Å². The minimum absolute atomic E-state index is 0.0312. The second kappa shape index (κ2) is 6.31. The van der Waals surface area contributed by atoms with Gasteiger partial charge in [-0.25, -0.2) is 4.79 Å². The Morgan fingerprint density at radius 1 is 1.32 bits per heavy atom. The van der Waals surface area contributed by atoms with Crippen LogP contribution >= 0.6 is 0 Å². The molecule has 19 heavy (non-hydrogen) atoms. The van der Waals surface area contributed by atoms with Crippen LogP contribution in [0.4, 0.5) is 0 Å². The molecule has 0 aromatic rings. The SMILES string of the molecule is CCOC(=O)CC[C@@H]1C(=O)N(C(C)=O)[C@@H]1C(=O)OC. The highest BCUT2D eigenvalue weighted by Gasteiger charge is 2.53. The van der Waals surface area contributed by atoms with Crippen LogP contribution in [0.1, 0.15) is 26.7 Å². The monoisotopic (exact) mass is 271 g/mol. The third kappa shape index (κ3) is 3.10. The molecule has 1 aliphatic heterocycles. The van der Waals surface area contributed by atoms with Crippen molar-refractivity contribution in [3.8, 4) is 0 Å². The van der Waals surface area contributed by atoms with E-state index >= 15 is 0 Å². The average Bonchev–Trinajstić information content (AvgIpc) is 2.34. The summed E-state index contributed by atoms with van der Waals surface area (Å²) in [5.74, 6) is -2.73. The summed E-state index contributed by atoms with van der Waals surface area (Å²) >= 11 is 0. The van der Waals surface area contributed by atoms with Crippen molar-refractivity contribution in [1.29, 1.82) is 0 Å². The second-order valence-corrected chi connectivity index (χ2v) is 4.15. The molecule has 1 fully saturated rings. The molecule has 2 atom stereocenters. The van der Waals surface area contributed by atoms with Gasteiger partial charge in [-0.1, -0.05) is 0 Å². The largest absolute Gasteiger partial charge is 0.467 e. The van der Waals surface area contributed by atoms with Gasteiger partial charge in [0.15, 0.2) is 0 Å². The van der Waals surface area contributed by atoms with Gasteiger partial charge in [-0.05, 0) is 13.3 Å². The minimum Gasteiger partial charge on any atom is -0.467 e. The summed E-state index contributed by atoms with van der Waals surface area (Å²) in [5, 5.41) is 0. The van der Waals surface area contributed by atoms with Gasteiger partial charge in [0.25, 0.3) is 0 Å². The lowest BCUT2D eigenvalue weighted by Crippen LogP contribution is -2.66. The van der Waals surface area contributed by atoms with Crippen molar-refractivity contribution in [2.24, 2.45) is 5.92 Å². The molecule has 0 aromatic heterocycles. The number of esters is 2. The standard InChI is InChI=1S/C12H17NO6/c1-4-19-9(15)6-5-8-10(12(17)18-3)13(7(2)14)11(8)16/h8,10H,4-6H2,1-3H3/t8-,10-/m0/s1. The van der Waals surface area contributed by atoms with Crippen LogP contribution in [-0.4, -0.2) is 48.4 Å². The molecule has 0 N–H and O–H groups in total. The summed E-state index contributed by atoms with van der Waals surface area (Å²) in [6.07, 6.45) is 0.199. The van der Waals surface area contributed by atoms with Gasteiger partial charge in [0.2, 0.25) is 11.8 Å². The first kappa shape index (κ1) is 15.1. The summed E-state index contributed by atoms with van der Waals surface area (Å²) in [4.78, 5) is 46.6. The van der Waals surface area contributed by atoms with Crippen molar-refractivity contribution in [3.05, 3.63) is 0 Å². The van der Waals surface area contributed by atoms with Crippen molar-refractivity contribution in [3.63, 3.8) is 0 Å². The maximum Gasteiger partial charge on any atom is 0.329 e. The number of β-lactam (4-membered cyclic amide) rings is 1. The van der Waals surface area contributed by atoms with E-state index in [-0.39, 0.29) is 19.4 Å². The number of nitrogens with zero attached hydrogens (tertiary/aromatic N) is 1. The fourth-order valence-corrected chi connectivity index (χ4v) is 2.08. The molecule has 1 heterocycles. The van der Waals surface area contributed by atoms with Crippen LogP contribution < -0.4 is 0 Å². The number of ether oxygens (including phenoxy) is 2. The molecule has 0 spiro atoms. The van der Waals surface area contributed by atoms with E-state index in [0.717, 1.165) is 4.90 Å². The van der Waals surface area contributed by atoms with Crippen LogP contribution in [0.5, 0.6) is 0 Å². The predicted molar refractivity (Wildman–Crippen MR) is 62.7 cm³/mol. The molecule has 7 heteroatoms. The Morgan fingerprint density at radius 2 is 1.95 bits per heavy atom. The highest BCUT2D eigenvalue weighted by molar-refractivity contribution is 6.07. The topological polar surface area (TPSA) is 90.0 Å². The smallest absolute Gasteiger partial charge is 0.329 e. The number of hydrogen-bond acceptors (Lipinski definition) is 6. The van der Waals surface area contributed by atoms with Gasteiger partial charge in [0, 0.05) is 13.3 Å². The van der Waals surface area contributed by atoms with Crippen LogP contribution in [0.2, 0.25) is 0 Å². The van der Waals surface area contributed by atoms with Crippen LogP contribution in [0, 0.1) is 5.92 Å². The third-order valence-electron chi connectivity index (χ3n) is 2.96. The molecule has 0 saturated carbocycles. The van der Waals surface area contributed by atoms with E-state index in [2.05, 4.69) is 4.74 Å². The maximum atomic E-state index is 11.7. The van der Waals surface area contributed by atoms with Gasteiger partial charge in [0.1, 0.15) is 6.04 Å². The quantitative estimate of drug-likeness (QED) is 0.511. The number of carbonyl (C=O) groups is 4. The van der Waals surface area contributed by atoms with E-state index in [9.17, 15) is 19.2 Å². The molecule has 1 saturated heterocycles. The second-order valence-electron chi connectivity index (χ2n) is 4.15. The Balaban J connectivity index is 2.66. The van der Waals surface area contributed by atoms with E-state index in [4.69, 9.17) is 4.74 Å². The summed E-state index contributed by atoms with van der Waals surface area (Å²) in [6.45, 7) is 3.15. The number of rotatable bonds is 5. The predicted octanol–water partition coefficient (Wildman–Crippen LogP) is -0.124. The number of hydrogen-bond donors (Lipinski definition) is 0. The average molecular weight is 271 g/mol. The molecule has 1 rings (SSSR count). The highest BCUT2D eigenvalue weighted by Crippen LogP contribution is 2.31. The highest BCUT2D eigenvalue weighted by atomic mass is 16.5. The summed E-state index contributed by atoms with van der Waals surface area (Å²) in [6, 6.07) is -0.926. The molecule has 0 radical (unpaired) electrons. The molecule has 106 valence electrons.